The summed E-state index contributed by atoms with van der Waals surface area (Å²) in [4.78, 5) is 17.0. The highest BCUT2D eigenvalue weighted by Crippen LogP contribution is 2.29. The Hall–Kier alpha value is -3.49. The summed E-state index contributed by atoms with van der Waals surface area (Å²) in [6.45, 7) is 3.47. The number of carbonyl (C=O) groups is 1. The molecule has 0 spiro atoms. The molecule has 0 unspecified atom stereocenters. The molecule has 0 saturated carbocycles. The zero-order chi connectivity index (χ0) is 21.8. The van der Waals surface area contributed by atoms with Gasteiger partial charge in [-0.3, -0.25) is 4.79 Å². The lowest BCUT2D eigenvalue weighted by Gasteiger charge is -2.11. The molecule has 0 fully saturated rings. The lowest BCUT2D eigenvalue weighted by atomic mass is 10.1. The van der Waals surface area contributed by atoms with E-state index in [4.69, 9.17) is 4.74 Å². The summed E-state index contributed by atoms with van der Waals surface area (Å²) in [6, 6.07) is 9.72. The maximum absolute atomic E-state index is 12.5. The largest absolute Gasteiger partial charge is 0.493 e. The summed E-state index contributed by atoms with van der Waals surface area (Å²) >= 11 is 0. The molecule has 0 saturated heterocycles. The van der Waals surface area contributed by atoms with Gasteiger partial charge in [0.05, 0.1) is 23.9 Å². The molecule has 30 heavy (non-hydrogen) atoms. The van der Waals surface area contributed by atoms with Crippen molar-refractivity contribution >= 4 is 22.7 Å². The number of ether oxygens (including phenoxy) is 2. The van der Waals surface area contributed by atoms with Crippen LogP contribution in [-0.2, 0) is 6.54 Å². The van der Waals surface area contributed by atoms with E-state index in [9.17, 15) is 13.6 Å². The Balaban J connectivity index is 1.78. The van der Waals surface area contributed by atoms with Gasteiger partial charge in [0.1, 0.15) is 5.82 Å². The molecular weight excluding hydrogens is 394 g/mol. The highest BCUT2D eigenvalue weighted by atomic mass is 19.3. The molecule has 1 aromatic heterocycles. The number of methoxy groups -OCH3 is 1. The second kappa shape index (κ2) is 8.89. The van der Waals surface area contributed by atoms with Gasteiger partial charge in [0.15, 0.2) is 11.5 Å². The zero-order valence-electron chi connectivity index (χ0n) is 17.1. The minimum absolute atomic E-state index is 0.0804. The topological polar surface area (TPSA) is 77.7 Å². The number of carbonyl (C=O) groups excluding carboxylic acids is 1. The van der Waals surface area contributed by atoms with Crippen molar-refractivity contribution in [1.29, 1.82) is 0 Å². The van der Waals surface area contributed by atoms with Gasteiger partial charge in [-0.2, -0.15) is 13.9 Å². The van der Waals surface area contributed by atoms with Crippen molar-refractivity contribution in [2.24, 2.45) is 5.10 Å². The fourth-order valence-corrected chi connectivity index (χ4v) is 3.14. The average Bonchev–Trinajstić information content (AvgIpc) is 3.05. The van der Waals surface area contributed by atoms with E-state index in [1.165, 1.54) is 19.2 Å². The minimum Gasteiger partial charge on any atom is -0.493 e. The van der Waals surface area contributed by atoms with Crippen molar-refractivity contribution in [1.82, 2.24) is 15.0 Å². The number of halogens is 2. The van der Waals surface area contributed by atoms with E-state index in [1.807, 2.05) is 19.9 Å². The number of rotatable bonds is 7. The van der Waals surface area contributed by atoms with Crippen molar-refractivity contribution in [2.75, 3.05) is 7.11 Å². The number of hydrazone groups is 1. The Bertz CT molecular complexity index is 1110. The van der Waals surface area contributed by atoms with Crippen molar-refractivity contribution in [3.05, 3.63) is 53.3 Å². The quantitative estimate of drug-likeness (QED) is 0.464. The molecule has 2 aromatic carbocycles. The van der Waals surface area contributed by atoms with Gasteiger partial charge in [0, 0.05) is 17.7 Å². The van der Waals surface area contributed by atoms with Gasteiger partial charge >= 0.3 is 6.61 Å². The standard InChI is InChI=1S/C21H22F2N4O3/c1-5-27-13(3)24-16-10-15(6-8-17(16)27)20(28)26-25-12(2)14-7-9-18(30-21(22)23)19(11-14)29-4/h6-11,21H,5H2,1-4H3,(H,26,28)/b25-12-. The van der Waals surface area contributed by atoms with Crippen LogP contribution >= 0.6 is 0 Å². The fraction of sp³-hybridized carbons (Fsp3) is 0.286. The van der Waals surface area contributed by atoms with Crippen LogP contribution in [0.25, 0.3) is 11.0 Å². The number of benzene rings is 2. The Morgan fingerprint density at radius 2 is 1.93 bits per heavy atom. The number of aryl methyl sites for hydroxylation is 2. The van der Waals surface area contributed by atoms with Gasteiger partial charge in [-0.15, -0.1) is 0 Å². The van der Waals surface area contributed by atoms with Gasteiger partial charge < -0.3 is 14.0 Å². The van der Waals surface area contributed by atoms with E-state index in [0.717, 1.165) is 23.4 Å². The molecule has 1 heterocycles. The van der Waals surface area contributed by atoms with Crippen molar-refractivity contribution in [3.63, 3.8) is 0 Å². The number of nitrogens with zero attached hydrogens (tertiary/aromatic N) is 3. The first-order valence-corrected chi connectivity index (χ1v) is 9.28. The molecule has 1 amide bonds. The van der Waals surface area contributed by atoms with E-state index in [0.29, 0.717) is 16.8 Å². The molecule has 0 radical (unpaired) electrons. The SMILES string of the molecule is CCn1c(C)nc2cc(C(=O)N/N=C(/C)c3ccc(OC(F)F)c(OC)c3)ccc21. The first-order valence-electron chi connectivity index (χ1n) is 9.28. The van der Waals surface area contributed by atoms with Gasteiger partial charge in [0.2, 0.25) is 0 Å². The number of alkyl halides is 2. The fourth-order valence-electron chi connectivity index (χ4n) is 3.14. The third-order valence-corrected chi connectivity index (χ3v) is 4.64. The lowest BCUT2D eigenvalue weighted by Crippen LogP contribution is -2.19. The van der Waals surface area contributed by atoms with E-state index in [2.05, 4.69) is 24.8 Å². The molecule has 158 valence electrons. The van der Waals surface area contributed by atoms with Crippen molar-refractivity contribution in [2.45, 2.75) is 33.9 Å². The monoisotopic (exact) mass is 416 g/mol. The number of fused-ring (bicyclic) bond motifs is 1. The molecule has 1 N–H and O–H groups in total. The highest BCUT2D eigenvalue weighted by Gasteiger charge is 2.13. The summed E-state index contributed by atoms with van der Waals surface area (Å²) in [7, 11) is 1.35. The maximum Gasteiger partial charge on any atom is 0.387 e. The van der Waals surface area contributed by atoms with Crippen LogP contribution in [0.15, 0.2) is 41.5 Å². The number of nitrogens with one attached hydrogen (secondary N) is 1. The molecule has 0 aliphatic rings. The Kier molecular flexibility index (Phi) is 6.29. The number of aromatic nitrogens is 2. The Morgan fingerprint density at radius 3 is 2.60 bits per heavy atom. The molecule has 7 nitrogen and oxygen atoms in total. The molecule has 0 bridgehead atoms. The molecule has 0 aliphatic carbocycles. The lowest BCUT2D eigenvalue weighted by molar-refractivity contribution is -0.0512. The molecular formula is C21H22F2N4O3. The minimum atomic E-state index is -2.95. The first-order chi connectivity index (χ1) is 14.3. The smallest absolute Gasteiger partial charge is 0.387 e. The third-order valence-electron chi connectivity index (χ3n) is 4.64. The van der Waals surface area contributed by atoms with E-state index in [1.54, 1.807) is 25.1 Å². The van der Waals surface area contributed by atoms with Gasteiger partial charge in [-0.25, -0.2) is 10.4 Å². The van der Waals surface area contributed by atoms with E-state index < -0.39 is 6.61 Å². The summed E-state index contributed by atoms with van der Waals surface area (Å²) in [5.74, 6) is 0.556. The molecule has 3 rings (SSSR count). The van der Waals surface area contributed by atoms with Crippen LogP contribution in [0.3, 0.4) is 0 Å². The number of imidazole rings is 1. The van der Waals surface area contributed by atoms with Crippen LogP contribution < -0.4 is 14.9 Å². The second-order valence-corrected chi connectivity index (χ2v) is 6.49. The molecule has 3 aromatic rings. The van der Waals surface area contributed by atoms with Crippen LogP contribution in [0.2, 0.25) is 0 Å². The number of amides is 1. The van der Waals surface area contributed by atoms with E-state index >= 15 is 0 Å². The van der Waals surface area contributed by atoms with Gasteiger partial charge in [-0.1, -0.05) is 0 Å². The highest BCUT2D eigenvalue weighted by molar-refractivity contribution is 6.02. The zero-order valence-corrected chi connectivity index (χ0v) is 17.1. The second-order valence-electron chi connectivity index (χ2n) is 6.49. The van der Waals surface area contributed by atoms with Crippen LogP contribution in [0.5, 0.6) is 11.5 Å². The number of hydrogen-bond acceptors (Lipinski definition) is 5. The number of hydrogen-bond donors (Lipinski definition) is 1. The van der Waals surface area contributed by atoms with Crippen LogP contribution in [-0.4, -0.2) is 34.9 Å². The summed E-state index contributed by atoms with van der Waals surface area (Å²) in [5.41, 5.74) is 5.69. The average molecular weight is 416 g/mol. The molecule has 0 atom stereocenters. The van der Waals surface area contributed by atoms with Crippen LogP contribution in [0.1, 0.15) is 35.6 Å². The van der Waals surface area contributed by atoms with Crippen LogP contribution in [0, 0.1) is 6.92 Å². The Labute approximate surface area is 172 Å². The maximum atomic E-state index is 12.5. The third kappa shape index (κ3) is 4.40. The Morgan fingerprint density at radius 1 is 1.20 bits per heavy atom. The van der Waals surface area contributed by atoms with Crippen LogP contribution in [0.4, 0.5) is 8.78 Å². The summed E-state index contributed by atoms with van der Waals surface area (Å²) < 4.78 is 36.5. The molecule has 9 heteroatoms. The summed E-state index contributed by atoms with van der Waals surface area (Å²) in [6.07, 6.45) is 0. The normalized spacial score (nSPS) is 11.8. The van der Waals surface area contributed by atoms with Gasteiger partial charge in [0.25, 0.3) is 5.91 Å². The first kappa shape index (κ1) is 21.2. The molecule has 0 aliphatic heterocycles. The predicted octanol–water partition coefficient (Wildman–Crippen LogP) is 4.13. The predicted molar refractivity (Wildman–Crippen MR) is 109 cm³/mol. The summed E-state index contributed by atoms with van der Waals surface area (Å²) in [5, 5.41) is 4.10. The van der Waals surface area contributed by atoms with Crippen molar-refractivity contribution in [3.8, 4) is 11.5 Å². The van der Waals surface area contributed by atoms with Gasteiger partial charge in [-0.05, 0) is 57.2 Å². The van der Waals surface area contributed by atoms with E-state index in [-0.39, 0.29) is 17.4 Å². The van der Waals surface area contributed by atoms with Crippen molar-refractivity contribution < 1.29 is 23.0 Å².